The molecule has 126 valence electrons. The van der Waals surface area contributed by atoms with Gasteiger partial charge in [-0.05, 0) is 23.6 Å². The summed E-state index contributed by atoms with van der Waals surface area (Å²) in [5.74, 6) is 0.201. The quantitative estimate of drug-likeness (QED) is 0.900. The van der Waals surface area contributed by atoms with E-state index in [1.807, 2.05) is 17.5 Å². The number of nitrogens with one attached hydrogen (secondary N) is 1. The lowest BCUT2D eigenvalue weighted by Crippen LogP contribution is -2.54. The molecule has 1 N–H and O–H groups in total. The summed E-state index contributed by atoms with van der Waals surface area (Å²) in [7, 11) is 1.57. The zero-order valence-corrected chi connectivity index (χ0v) is 14.0. The highest BCUT2D eigenvalue weighted by molar-refractivity contribution is 7.09. The number of ether oxygens (including phenoxy) is 2. The number of amides is 2. The van der Waals surface area contributed by atoms with Gasteiger partial charge >= 0.3 is 0 Å². The average molecular weight is 346 g/mol. The smallest absolute Gasteiger partial charge is 0.249 e. The van der Waals surface area contributed by atoms with Gasteiger partial charge in [0.25, 0.3) is 0 Å². The number of carbonyl (C=O) groups is 2. The van der Waals surface area contributed by atoms with Gasteiger partial charge < -0.3 is 19.7 Å². The Labute approximate surface area is 144 Å². The van der Waals surface area contributed by atoms with Crippen molar-refractivity contribution < 1.29 is 19.1 Å². The number of benzene rings is 1. The summed E-state index contributed by atoms with van der Waals surface area (Å²) >= 11 is 1.56. The maximum absolute atomic E-state index is 12.6. The van der Waals surface area contributed by atoms with Crippen LogP contribution < -0.4 is 10.1 Å². The lowest BCUT2D eigenvalue weighted by Gasteiger charge is -2.34. The number of thiophene rings is 1. The van der Waals surface area contributed by atoms with Crippen LogP contribution in [-0.4, -0.2) is 43.1 Å². The van der Waals surface area contributed by atoms with E-state index in [2.05, 4.69) is 5.32 Å². The summed E-state index contributed by atoms with van der Waals surface area (Å²) in [5, 5.41) is 4.78. The van der Waals surface area contributed by atoms with Gasteiger partial charge in [-0.15, -0.1) is 11.3 Å². The molecule has 0 spiro atoms. The molecular formula is C17H18N2O4S. The minimum atomic E-state index is -0.653. The van der Waals surface area contributed by atoms with E-state index >= 15 is 0 Å². The van der Waals surface area contributed by atoms with Gasteiger partial charge in [0.15, 0.2) is 0 Å². The standard InChI is InChI=1S/C17H18N2O4S/c1-22-13-5-2-4-12(8-13)18-17(21)15-10-23-11-16(20)19(15)9-14-6-3-7-24-14/h2-8,15H,9-11H2,1H3,(H,18,21)/t15-/m0/s1. The van der Waals surface area contributed by atoms with E-state index in [1.54, 1.807) is 47.6 Å². The summed E-state index contributed by atoms with van der Waals surface area (Å²) < 4.78 is 10.4. The molecule has 7 heteroatoms. The molecule has 0 bridgehead atoms. The number of carbonyl (C=O) groups excluding carboxylic acids is 2. The van der Waals surface area contributed by atoms with Crippen molar-refractivity contribution in [3.63, 3.8) is 0 Å². The summed E-state index contributed by atoms with van der Waals surface area (Å²) in [6, 6.07) is 10.3. The molecule has 1 saturated heterocycles. The molecule has 1 aromatic carbocycles. The number of morpholine rings is 1. The first-order valence-corrected chi connectivity index (χ1v) is 8.40. The highest BCUT2D eigenvalue weighted by atomic mass is 32.1. The Morgan fingerprint density at radius 1 is 1.42 bits per heavy atom. The number of methoxy groups -OCH3 is 1. The molecule has 0 saturated carbocycles. The molecule has 24 heavy (non-hydrogen) atoms. The van der Waals surface area contributed by atoms with Gasteiger partial charge in [0.2, 0.25) is 11.8 Å². The van der Waals surface area contributed by atoms with E-state index in [1.165, 1.54) is 0 Å². The van der Waals surface area contributed by atoms with E-state index in [9.17, 15) is 9.59 Å². The summed E-state index contributed by atoms with van der Waals surface area (Å²) in [6.07, 6.45) is 0. The molecule has 0 unspecified atom stereocenters. The van der Waals surface area contributed by atoms with Crippen molar-refractivity contribution in [1.29, 1.82) is 0 Å². The van der Waals surface area contributed by atoms with Crippen LogP contribution in [0, 0.1) is 0 Å². The number of anilines is 1. The van der Waals surface area contributed by atoms with Crippen LogP contribution in [-0.2, 0) is 20.9 Å². The third-order valence-corrected chi connectivity index (χ3v) is 4.61. The van der Waals surface area contributed by atoms with Gasteiger partial charge in [-0.3, -0.25) is 9.59 Å². The number of hydrogen-bond acceptors (Lipinski definition) is 5. The van der Waals surface area contributed by atoms with Crippen LogP contribution in [0.25, 0.3) is 0 Å². The minimum Gasteiger partial charge on any atom is -0.497 e. The summed E-state index contributed by atoms with van der Waals surface area (Å²) in [4.78, 5) is 27.4. The Kier molecular flexibility index (Phi) is 5.12. The number of rotatable bonds is 5. The van der Waals surface area contributed by atoms with E-state index in [4.69, 9.17) is 9.47 Å². The largest absolute Gasteiger partial charge is 0.497 e. The Hall–Kier alpha value is -2.38. The second-order valence-corrected chi connectivity index (χ2v) is 6.39. The summed E-state index contributed by atoms with van der Waals surface area (Å²) in [6.45, 7) is 0.608. The first kappa shape index (κ1) is 16.5. The molecule has 0 aliphatic carbocycles. The van der Waals surface area contributed by atoms with Gasteiger partial charge in [-0.25, -0.2) is 0 Å². The van der Waals surface area contributed by atoms with Crippen LogP contribution in [0.1, 0.15) is 4.88 Å². The second kappa shape index (κ2) is 7.46. The molecule has 6 nitrogen and oxygen atoms in total. The molecule has 1 aliphatic rings. The Bertz CT molecular complexity index is 717. The van der Waals surface area contributed by atoms with Crippen LogP contribution >= 0.6 is 11.3 Å². The molecule has 2 heterocycles. The van der Waals surface area contributed by atoms with E-state index < -0.39 is 6.04 Å². The normalized spacial score (nSPS) is 17.6. The van der Waals surface area contributed by atoms with Crippen LogP contribution in [0.2, 0.25) is 0 Å². The second-order valence-electron chi connectivity index (χ2n) is 5.35. The highest BCUT2D eigenvalue weighted by Gasteiger charge is 2.34. The zero-order valence-electron chi connectivity index (χ0n) is 13.2. The minimum absolute atomic E-state index is 0.00825. The van der Waals surface area contributed by atoms with Gasteiger partial charge in [-0.1, -0.05) is 12.1 Å². The fraction of sp³-hybridized carbons (Fsp3) is 0.294. The lowest BCUT2D eigenvalue weighted by atomic mass is 10.2. The van der Waals surface area contributed by atoms with E-state index in [0.29, 0.717) is 18.0 Å². The summed E-state index contributed by atoms with van der Waals surface area (Å²) in [5.41, 5.74) is 0.619. The fourth-order valence-electron chi connectivity index (χ4n) is 2.52. The third kappa shape index (κ3) is 3.74. The predicted octanol–water partition coefficient (Wildman–Crippen LogP) is 2.12. The average Bonchev–Trinajstić information content (AvgIpc) is 3.10. The van der Waals surface area contributed by atoms with E-state index in [0.717, 1.165) is 4.88 Å². The molecule has 1 aromatic heterocycles. The van der Waals surface area contributed by atoms with Crippen molar-refractivity contribution in [3.8, 4) is 5.75 Å². The molecule has 3 rings (SSSR count). The first-order valence-electron chi connectivity index (χ1n) is 7.52. The monoisotopic (exact) mass is 346 g/mol. The zero-order chi connectivity index (χ0) is 16.9. The van der Waals surface area contributed by atoms with Crippen molar-refractivity contribution in [2.75, 3.05) is 25.6 Å². The van der Waals surface area contributed by atoms with Crippen LogP contribution in [0.15, 0.2) is 41.8 Å². The van der Waals surface area contributed by atoms with Gasteiger partial charge in [-0.2, -0.15) is 0 Å². The molecular weight excluding hydrogens is 328 g/mol. The Morgan fingerprint density at radius 2 is 2.29 bits per heavy atom. The molecule has 2 amide bonds. The van der Waals surface area contributed by atoms with Crippen molar-refractivity contribution in [2.45, 2.75) is 12.6 Å². The van der Waals surface area contributed by atoms with Crippen LogP contribution in [0.5, 0.6) is 5.75 Å². The number of nitrogens with zero attached hydrogens (tertiary/aromatic N) is 1. The molecule has 0 radical (unpaired) electrons. The third-order valence-electron chi connectivity index (χ3n) is 3.74. The molecule has 1 fully saturated rings. The molecule has 2 aromatic rings. The van der Waals surface area contributed by atoms with Gasteiger partial charge in [0, 0.05) is 16.6 Å². The topological polar surface area (TPSA) is 67.9 Å². The Balaban J connectivity index is 1.74. The number of hydrogen-bond donors (Lipinski definition) is 1. The SMILES string of the molecule is COc1cccc(NC(=O)[C@@H]2COCC(=O)N2Cc2cccs2)c1. The molecule has 1 atom stereocenters. The van der Waals surface area contributed by atoms with Gasteiger partial charge in [0.1, 0.15) is 18.4 Å². The van der Waals surface area contributed by atoms with Gasteiger partial charge in [0.05, 0.1) is 20.3 Å². The lowest BCUT2D eigenvalue weighted by molar-refractivity contribution is -0.153. The van der Waals surface area contributed by atoms with Crippen molar-refractivity contribution >= 4 is 28.8 Å². The Morgan fingerprint density at radius 3 is 3.04 bits per heavy atom. The molecule has 1 aliphatic heterocycles. The van der Waals surface area contributed by atoms with Crippen molar-refractivity contribution in [1.82, 2.24) is 4.90 Å². The van der Waals surface area contributed by atoms with Crippen molar-refractivity contribution in [2.24, 2.45) is 0 Å². The van der Waals surface area contributed by atoms with Crippen molar-refractivity contribution in [3.05, 3.63) is 46.7 Å². The van der Waals surface area contributed by atoms with Crippen LogP contribution in [0.3, 0.4) is 0 Å². The first-order chi connectivity index (χ1) is 11.7. The fourth-order valence-corrected chi connectivity index (χ4v) is 3.22. The predicted molar refractivity (Wildman–Crippen MR) is 91.1 cm³/mol. The highest BCUT2D eigenvalue weighted by Crippen LogP contribution is 2.20. The maximum atomic E-state index is 12.6. The van der Waals surface area contributed by atoms with Crippen LogP contribution in [0.4, 0.5) is 5.69 Å². The van der Waals surface area contributed by atoms with E-state index in [-0.39, 0.29) is 25.0 Å². The maximum Gasteiger partial charge on any atom is 0.249 e.